The van der Waals surface area contributed by atoms with Gasteiger partial charge in [-0.05, 0) is 12.8 Å². The molecule has 0 unspecified atom stereocenters. The number of nitrogens with one attached hydrogen (secondary N) is 1. The maximum Gasteiger partial charge on any atom is 0.291 e. The molecule has 0 aromatic carbocycles. The molecule has 1 aliphatic rings. The number of aromatic nitrogens is 3. The molecule has 18 heavy (non-hydrogen) atoms. The smallest absolute Gasteiger partial charge is 0.291 e. The summed E-state index contributed by atoms with van der Waals surface area (Å²) in [6, 6.07) is 0. The molecule has 1 aliphatic heterocycles. The first-order valence-electron chi connectivity index (χ1n) is 5.79. The molecule has 1 aromatic rings. The van der Waals surface area contributed by atoms with Crippen molar-refractivity contribution in [1.82, 2.24) is 25.0 Å². The molecule has 3 N–H and O–H groups in total. The highest BCUT2D eigenvalue weighted by molar-refractivity contribution is 5.93. The fourth-order valence-electron chi connectivity index (χ4n) is 1.89. The lowest BCUT2D eigenvalue weighted by Gasteiger charge is -2.20. The summed E-state index contributed by atoms with van der Waals surface area (Å²) < 4.78 is 0. The maximum absolute atomic E-state index is 11.9. The molecule has 1 saturated heterocycles. The maximum atomic E-state index is 11.9. The standard InChI is InChI=1S/C10H16N6O2/c1-15(6-7(17)16-4-2-3-5-16)9(18)8-12-10(11)14-13-8/h2-6H2,1H3,(H3,11,12,13,14). The first kappa shape index (κ1) is 12.3. The van der Waals surface area contributed by atoms with E-state index in [9.17, 15) is 9.59 Å². The Bertz CT molecular complexity index is 451. The molecular weight excluding hydrogens is 236 g/mol. The first-order valence-corrected chi connectivity index (χ1v) is 5.79. The van der Waals surface area contributed by atoms with Crippen molar-refractivity contribution in [3.8, 4) is 0 Å². The summed E-state index contributed by atoms with van der Waals surface area (Å²) in [4.78, 5) is 30.5. The zero-order valence-electron chi connectivity index (χ0n) is 10.2. The molecule has 0 radical (unpaired) electrons. The normalized spacial score (nSPS) is 14.8. The monoisotopic (exact) mass is 252 g/mol. The summed E-state index contributed by atoms with van der Waals surface area (Å²) in [5.41, 5.74) is 5.32. The SMILES string of the molecule is CN(CC(=O)N1CCCC1)C(=O)c1nc(N)n[nH]1. The number of nitrogens with two attached hydrogens (primary N) is 1. The number of H-pyrrole nitrogens is 1. The lowest BCUT2D eigenvalue weighted by atomic mass is 10.4. The van der Waals surface area contributed by atoms with Crippen LogP contribution in [-0.4, -0.2) is 63.5 Å². The number of rotatable bonds is 3. The van der Waals surface area contributed by atoms with Crippen LogP contribution in [0.4, 0.5) is 5.95 Å². The summed E-state index contributed by atoms with van der Waals surface area (Å²) >= 11 is 0. The number of hydrogen-bond acceptors (Lipinski definition) is 5. The third kappa shape index (κ3) is 2.58. The van der Waals surface area contributed by atoms with Gasteiger partial charge in [-0.15, -0.1) is 5.10 Å². The van der Waals surface area contributed by atoms with E-state index in [4.69, 9.17) is 5.73 Å². The minimum atomic E-state index is -0.397. The van der Waals surface area contributed by atoms with Crippen molar-refractivity contribution in [3.63, 3.8) is 0 Å². The Morgan fingerprint density at radius 1 is 1.44 bits per heavy atom. The number of anilines is 1. The van der Waals surface area contributed by atoms with Gasteiger partial charge in [-0.3, -0.25) is 14.7 Å². The molecule has 0 saturated carbocycles. The van der Waals surface area contributed by atoms with Crippen molar-refractivity contribution in [2.45, 2.75) is 12.8 Å². The van der Waals surface area contributed by atoms with Gasteiger partial charge in [-0.25, -0.2) is 0 Å². The molecule has 0 spiro atoms. The van der Waals surface area contributed by atoms with Crippen LogP contribution in [-0.2, 0) is 4.79 Å². The molecule has 2 amide bonds. The number of hydrogen-bond donors (Lipinski definition) is 2. The molecule has 0 bridgehead atoms. The van der Waals surface area contributed by atoms with Crippen molar-refractivity contribution in [1.29, 1.82) is 0 Å². The minimum Gasteiger partial charge on any atom is -0.366 e. The fourth-order valence-corrected chi connectivity index (χ4v) is 1.89. The summed E-state index contributed by atoms with van der Waals surface area (Å²) in [5, 5.41) is 6.00. The molecule has 8 heteroatoms. The van der Waals surface area contributed by atoms with Crippen LogP contribution in [0, 0.1) is 0 Å². The van der Waals surface area contributed by atoms with Gasteiger partial charge < -0.3 is 15.5 Å². The van der Waals surface area contributed by atoms with Crippen LogP contribution < -0.4 is 5.73 Å². The van der Waals surface area contributed by atoms with E-state index in [-0.39, 0.29) is 24.2 Å². The quantitative estimate of drug-likeness (QED) is 0.723. The zero-order chi connectivity index (χ0) is 13.1. The van der Waals surface area contributed by atoms with Gasteiger partial charge >= 0.3 is 0 Å². The van der Waals surface area contributed by atoms with E-state index in [1.165, 1.54) is 4.90 Å². The van der Waals surface area contributed by atoms with Crippen molar-refractivity contribution < 1.29 is 9.59 Å². The van der Waals surface area contributed by atoms with Gasteiger partial charge in [0.2, 0.25) is 17.7 Å². The van der Waals surface area contributed by atoms with Crippen molar-refractivity contribution >= 4 is 17.8 Å². The Morgan fingerprint density at radius 2 is 2.11 bits per heavy atom. The Balaban J connectivity index is 1.92. The molecule has 2 rings (SSSR count). The van der Waals surface area contributed by atoms with E-state index < -0.39 is 5.91 Å². The molecular formula is C10H16N6O2. The summed E-state index contributed by atoms with van der Waals surface area (Å²) in [6.07, 6.45) is 2.06. The third-order valence-corrected chi connectivity index (χ3v) is 2.88. The number of carbonyl (C=O) groups excluding carboxylic acids is 2. The van der Waals surface area contributed by atoms with Gasteiger partial charge in [0.25, 0.3) is 5.91 Å². The van der Waals surface area contributed by atoms with E-state index in [0.29, 0.717) is 0 Å². The number of carbonyl (C=O) groups is 2. The largest absolute Gasteiger partial charge is 0.366 e. The number of likely N-dealkylation sites (N-methyl/N-ethyl adjacent to an activating group) is 1. The highest BCUT2D eigenvalue weighted by atomic mass is 16.2. The average molecular weight is 252 g/mol. The van der Waals surface area contributed by atoms with E-state index in [1.807, 2.05) is 0 Å². The Kier molecular flexibility index (Phi) is 3.45. The van der Waals surface area contributed by atoms with E-state index in [1.54, 1.807) is 11.9 Å². The zero-order valence-corrected chi connectivity index (χ0v) is 10.2. The summed E-state index contributed by atoms with van der Waals surface area (Å²) in [5.74, 6) is -0.385. The lowest BCUT2D eigenvalue weighted by molar-refractivity contribution is -0.130. The van der Waals surface area contributed by atoms with Gasteiger partial charge in [-0.2, -0.15) is 4.98 Å². The molecule has 2 heterocycles. The van der Waals surface area contributed by atoms with E-state index >= 15 is 0 Å². The molecule has 0 atom stereocenters. The van der Waals surface area contributed by atoms with Crippen molar-refractivity contribution in [2.24, 2.45) is 0 Å². The second-order valence-corrected chi connectivity index (χ2v) is 4.29. The second-order valence-electron chi connectivity index (χ2n) is 4.29. The number of amides is 2. The van der Waals surface area contributed by atoms with Crippen molar-refractivity contribution in [2.75, 3.05) is 32.4 Å². The predicted molar refractivity (Wildman–Crippen MR) is 63.6 cm³/mol. The number of likely N-dealkylation sites (tertiary alicyclic amines) is 1. The molecule has 8 nitrogen and oxygen atoms in total. The molecule has 1 aromatic heterocycles. The average Bonchev–Trinajstić information content (AvgIpc) is 2.98. The van der Waals surface area contributed by atoms with Gasteiger partial charge in [0, 0.05) is 20.1 Å². The summed E-state index contributed by atoms with van der Waals surface area (Å²) in [6.45, 7) is 1.59. The lowest BCUT2D eigenvalue weighted by Crippen LogP contribution is -2.40. The third-order valence-electron chi connectivity index (χ3n) is 2.88. The van der Waals surface area contributed by atoms with Crippen LogP contribution >= 0.6 is 0 Å². The van der Waals surface area contributed by atoms with E-state index in [2.05, 4.69) is 15.2 Å². The van der Waals surface area contributed by atoms with Crippen LogP contribution in [0.2, 0.25) is 0 Å². The second kappa shape index (κ2) is 5.03. The van der Waals surface area contributed by atoms with Crippen LogP contribution in [0.5, 0.6) is 0 Å². The van der Waals surface area contributed by atoms with E-state index in [0.717, 1.165) is 25.9 Å². The van der Waals surface area contributed by atoms with Crippen molar-refractivity contribution in [3.05, 3.63) is 5.82 Å². The number of nitrogens with zero attached hydrogens (tertiary/aromatic N) is 4. The van der Waals surface area contributed by atoms with Crippen LogP contribution in [0.1, 0.15) is 23.5 Å². The van der Waals surface area contributed by atoms with Gasteiger partial charge in [0.1, 0.15) is 0 Å². The Morgan fingerprint density at radius 3 is 2.67 bits per heavy atom. The number of nitrogen functional groups attached to an aromatic ring is 1. The summed E-state index contributed by atoms with van der Waals surface area (Å²) in [7, 11) is 1.55. The topological polar surface area (TPSA) is 108 Å². The van der Waals surface area contributed by atoms with Gasteiger partial charge in [0.15, 0.2) is 0 Å². The molecule has 0 aliphatic carbocycles. The predicted octanol–water partition coefficient (Wildman–Crippen LogP) is -0.919. The first-order chi connectivity index (χ1) is 8.58. The van der Waals surface area contributed by atoms with Crippen LogP contribution in [0.3, 0.4) is 0 Å². The van der Waals surface area contributed by atoms with Crippen LogP contribution in [0.25, 0.3) is 0 Å². The highest BCUT2D eigenvalue weighted by Gasteiger charge is 2.23. The molecule has 98 valence electrons. The van der Waals surface area contributed by atoms with Gasteiger partial charge in [-0.1, -0.05) is 0 Å². The molecule has 1 fully saturated rings. The fraction of sp³-hybridized carbons (Fsp3) is 0.600. The van der Waals surface area contributed by atoms with Gasteiger partial charge in [0.05, 0.1) is 6.54 Å². The highest BCUT2D eigenvalue weighted by Crippen LogP contribution is 2.08. The minimum absolute atomic E-state index is 0.0117. The number of aromatic amines is 1. The Hall–Kier alpha value is -2.12. The van der Waals surface area contributed by atoms with Crippen LogP contribution in [0.15, 0.2) is 0 Å². The Labute approximate surface area is 104 Å².